The Morgan fingerprint density at radius 3 is 2.78 bits per heavy atom. The molecule has 96 valence electrons. The summed E-state index contributed by atoms with van der Waals surface area (Å²) in [4.78, 5) is 24.9. The van der Waals surface area contributed by atoms with Crippen molar-refractivity contribution in [3.63, 3.8) is 0 Å². The van der Waals surface area contributed by atoms with E-state index in [-0.39, 0.29) is 5.82 Å². The number of rotatable bonds is 1. The van der Waals surface area contributed by atoms with Crippen LogP contribution in [0.3, 0.4) is 0 Å². The van der Waals surface area contributed by atoms with E-state index in [1.54, 1.807) is 0 Å². The lowest BCUT2D eigenvalue weighted by Crippen LogP contribution is -2.36. The van der Waals surface area contributed by atoms with Crippen LogP contribution in [0.15, 0.2) is 17.1 Å². The number of carbonyl (C=O) groups excluding carboxylic acids is 1. The van der Waals surface area contributed by atoms with E-state index in [0.717, 1.165) is 4.57 Å². The summed E-state index contributed by atoms with van der Waals surface area (Å²) >= 11 is 0. The van der Waals surface area contributed by atoms with Crippen LogP contribution in [0.25, 0.3) is 0 Å². The summed E-state index contributed by atoms with van der Waals surface area (Å²) in [5, 5.41) is 1.53. The van der Waals surface area contributed by atoms with Crippen LogP contribution in [-0.4, -0.2) is 28.2 Å². The summed E-state index contributed by atoms with van der Waals surface area (Å²) < 4.78 is 36.1. The van der Waals surface area contributed by atoms with Crippen molar-refractivity contribution in [2.45, 2.75) is 6.18 Å². The second kappa shape index (κ2) is 5.22. The van der Waals surface area contributed by atoms with E-state index < -0.39 is 24.3 Å². The van der Waals surface area contributed by atoms with Gasteiger partial charge in [0.1, 0.15) is 5.82 Å². The largest absolute Gasteiger partial charge is 0.471 e. The van der Waals surface area contributed by atoms with Crippen molar-refractivity contribution >= 4 is 11.7 Å². The van der Waals surface area contributed by atoms with Gasteiger partial charge in [-0.2, -0.15) is 18.2 Å². The molecule has 0 radical (unpaired) electrons. The number of nitrogens with one attached hydrogen (secondary N) is 1. The maximum absolute atomic E-state index is 11.8. The van der Waals surface area contributed by atoms with Crippen LogP contribution < -0.4 is 16.7 Å². The molecule has 3 N–H and O–H groups in total. The van der Waals surface area contributed by atoms with Gasteiger partial charge in [-0.05, 0) is 6.07 Å². The smallest absolute Gasteiger partial charge is 0.383 e. The zero-order valence-corrected chi connectivity index (χ0v) is 8.78. The van der Waals surface area contributed by atoms with Crippen molar-refractivity contribution in [1.82, 2.24) is 14.9 Å². The Hall–Kier alpha value is -2.50. The number of amides is 1. The number of nitrogen functional groups attached to an aromatic ring is 1. The highest BCUT2D eigenvalue weighted by Crippen LogP contribution is 2.13. The van der Waals surface area contributed by atoms with E-state index in [4.69, 9.17) is 5.73 Å². The van der Waals surface area contributed by atoms with Gasteiger partial charge in [-0.1, -0.05) is 5.92 Å². The molecule has 0 aliphatic heterocycles. The first-order valence-corrected chi connectivity index (χ1v) is 4.50. The summed E-state index contributed by atoms with van der Waals surface area (Å²) in [6.07, 6.45) is -3.75. The van der Waals surface area contributed by atoms with Crippen molar-refractivity contribution in [3.05, 3.63) is 22.7 Å². The highest BCUT2D eigenvalue weighted by molar-refractivity contribution is 5.81. The minimum atomic E-state index is -4.96. The molecule has 0 saturated heterocycles. The van der Waals surface area contributed by atoms with Gasteiger partial charge in [0, 0.05) is 12.2 Å². The Morgan fingerprint density at radius 1 is 1.56 bits per heavy atom. The fraction of sp³-hybridized carbons (Fsp3) is 0.222. The molecule has 0 fully saturated rings. The van der Waals surface area contributed by atoms with Crippen LogP contribution >= 0.6 is 0 Å². The molecule has 1 amide bonds. The number of anilines is 1. The first kappa shape index (κ1) is 13.6. The second-order valence-electron chi connectivity index (χ2n) is 2.97. The molecule has 9 heteroatoms. The predicted octanol–water partition coefficient (Wildman–Crippen LogP) is -0.687. The lowest BCUT2D eigenvalue weighted by Gasteiger charge is -2.03. The summed E-state index contributed by atoms with van der Waals surface area (Å²) in [6.45, 7) is -0.546. The van der Waals surface area contributed by atoms with Crippen LogP contribution in [0.4, 0.5) is 19.0 Å². The molecule has 0 bridgehead atoms. The average molecular weight is 260 g/mol. The van der Waals surface area contributed by atoms with Crippen LogP contribution in [-0.2, 0) is 4.79 Å². The third kappa shape index (κ3) is 3.82. The number of halogens is 3. The van der Waals surface area contributed by atoms with Crippen LogP contribution in [0.2, 0.25) is 0 Å². The monoisotopic (exact) mass is 260 g/mol. The Balaban J connectivity index is 2.63. The highest BCUT2D eigenvalue weighted by Gasteiger charge is 2.38. The zero-order chi connectivity index (χ0) is 13.8. The first-order chi connectivity index (χ1) is 8.30. The summed E-state index contributed by atoms with van der Waals surface area (Å²) in [7, 11) is 0. The van der Waals surface area contributed by atoms with E-state index in [1.807, 2.05) is 0 Å². The van der Waals surface area contributed by atoms with E-state index in [0.29, 0.717) is 0 Å². The Labute approximate surface area is 98.6 Å². The van der Waals surface area contributed by atoms with Gasteiger partial charge in [-0.3, -0.25) is 4.79 Å². The zero-order valence-electron chi connectivity index (χ0n) is 8.78. The number of hydrogen-bond acceptors (Lipinski definition) is 4. The molecule has 1 rings (SSSR count). The average Bonchev–Trinajstić information content (AvgIpc) is 2.25. The molecule has 1 aromatic rings. The Kier molecular flexibility index (Phi) is 3.93. The topological polar surface area (TPSA) is 90.0 Å². The van der Waals surface area contributed by atoms with E-state index in [9.17, 15) is 22.8 Å². The fourth-order valence-electron chi connectivity index (χ4n) is 0.851. The van der Waals surface area contributed by atoms with Gasteiger partial charge in [0.15, 0.2) is 0 Å². The molecule has 0 atom stereocenters. The van der Waals surface area contributed by atoms with E-state index in [1.165, 1.54) is 17.6 Å². The quantitative estimate of drug-likeness (QED) is 0.654. The SMILES string of the molecule is Nc1ccn(C#CCNC(=O)C(F)(F)F)c(=O)n1. The predicted molar refractivity (Wildman–Crippen MR) is 55.1 cm³/mol. The second-order valence-corrected chi connectivity index (χ2v) is 2.97. The number of aromatic nitrogens is 2. The summed E-state index contributed by atoms with van der Waals surface area (Å²) in [6, 6.07) is 3.50. The van der Waals surface area contributed by atoms with E-state index in [2.05, 4.69) is 16.9 Å². The summed E-state index contributed by atoms with van der Waals surface area (Å²) in [5.41, 5.74) is 4.46. The van der Waals surface area contributed by atoms with Crippen LogP contribution in [0.1, 0.15) is 0 Å². The van der Waals surface area contributed by atoms with Crippen molar-refractivity contribution in [2.24, 2.45) is 0 Å². The number of hydrogen-bond donors (Lipinski definition) is 2. The first-order valence-electron chi connectivity index (χ1n) is 4.50. The minimum Gasteiger partial charge on any atom is -0.383 e. The molecule has 1 heterocycles. The normalized spacial score (nSPS) is 10.4. The number of nitrogens with two attached hydrogens (primary N) is 1. The van der Waals surface area contributed by atoms with Crippen molar-refractivity contribution in [3.8, 4) is 12.0 Å². The van der Waals surface area contributed by atoms with Gasteiger partial charge < -0.3 is 11.1 Å². The maximum Gasteiger partial charge on any atom is 0.471 e. The Bertz CT molecular complexity index is 568. The third-order valence-corrected chi connectivity index (χ3v) is 1.62. The van der Waals surface area contributed by atoms with Crippen molar-refractivity contribution in [2.75, 3.05) is 12.3 Å². The standard InChI is InChI=1S/C9H7F3N4O2/c10-9(11,12)7(17)14-3-1-4-16-5-2-6(13)15-8(16)18/h2,5H,3H2,(H,14,17)(H2,13,15,18). The van der Waals surface area contributed by atoms with Gasteiger partial charge in [-0.25, -0.2) is 9.36 Å². The van der Waals surface area contributed by atoms with Crippen molar-refractivity contribution in [1.29, 1.82) is 0 Å². The van der Waals surface area contributed by atoms with Gasteiger partial charge in [0.2, 0.25) is 0 Å². The molecule has 0 spiro atoms. The van der Waals surface area contributed by atoms with Gasteiger partial charge in [0.25, 0.3) is 0 Å². The molecule has 1 aromatic heterocycles. The third-order valence-electron chi connectivity index (χ3n) is 1.62. The molecule has 0 unspecified atom stereocenters. The number of alkyl halides is 3. The lowest BCUT2D eigenvalue weighted by molar-refractivity contribution is -0.173. The molecular formula is C9H7F3N4O2. The molecule has 0 saturated carbocycles. The molecule has 6 nitrogen and oxygen atoms in total. The summed E-state index contributed by atoms with van der Waals surface area (Å²) in [5.74, 6) is 0.0707. The van der Waals surface area contributed by atoms with Crippen LogP contribution in [0.5, 0.6) is 0 Å². The maximum atomic E-state index is 11.8. The van der Waals surface area contributed by atoms with Gasteiger partial charge in [-0.15, -0.1) is 0 Å². The van der Waals surface area contributed by atoms with Gasteiger partial charge >= 0.3 is 17.8 Å². The van der Waals surface area contributed by atoms with Gasteiger partial charge in [0.05, 0.1) is 6.54 Å². The fourth-order valence-corrected chi connectivity index (χ4v) is 0.851. The highest BCUT2D eigenvalue weighted by atomic mass is 19.4. The number of nitrogens with zero attached hydrogens (tertiary/aromatic N) is 2. The Morgan fingerprint density at radius 2 is 2.22 bits per heavy atom. The lowest BCUT2D eigenvalue weighted by atomic mass is 10.5. The van der Waals surface area contributed by atoms with Crippen molar-refractivity contribution < 1.29 is 18.0 Å². The number of carbonyl (C=O) groups is 1. The minimum absolute atomic E-state index is 0.00317. The molecule has 0 aliphatic carbocycles. The molecule has 0 aromatic carbocycles. The molecule has 18 heavy (non-hydrogen) atoms. The van der Waals surface area contributed by atoms with Crippen LogP contribution in [0, 0.1) is 12.0 Å². The van der Waals surface area contributed by atoms with E-state index >= 15 is 0 Å². The molecular weight excluding hydrogens is 253 g/mol. The molecule has 0 aliphatic rings.